The van der Waals surface area contributed by atoms with Gasteiger partial charge in [0.1, 0.15) is 5.75 Å². The third-order valence-electron chi connectivity index (χ3n) is 2.45. The second-order valence-electron chi connectivity index (χ2n) is 4.50. The molecule has 5 heteroatoms. The molecule has 0 aliphatic rings. The summed E-state index contributed by atoms with van der Waals surface area (Å²) in [5.41, 5.74) is 1.20. The lowest BCUT2D eigenvalue weighted by Crippen LogP contribution is -2.39. The molecule has 1 aromatic rings. The van der Waals surface area contributed by atoms with Gasteiger partial charge in [-0.3, -0.25) is 0 Å². The SMILES string of the molecule is Cc1ccc(OCCCNC(=O)NCC(C)O)cc1. The fraction of sp³-hybridized carbons (Fsp3) is 0.500. The summed E-state index contributed by atoms with van der Waals surface area (Å²) in [6, 6.07) is 7.58. The van der Waals surface area contributed by atoms with Crippen molar-refractivity contribution in [2.75, 3.05) is 19.7 Å². The van der Waals surface area contributed by atoms with E-state index in [1.54, 1.807) is 6.92 Å². The largest absolute Gasteiger partial charge is 0.494 e. The smallest absolute Gasteiger partial charge is 0.314 e. The number of benzene rings is 1. The summed E-state index contributed by atoms with van der Waals surface area (Å²) >= 11 is 0. The lowest BCUT2D eigenvalue weighted by Gasteiger charge is -2.09. The summed E-state index contributed by atoms with van der Waals surface area (Å²) in [5, 5.41) is 14.2. The highest BCUT2D eigenvalue weighted by Gasteiger charge is 2.01. The monoisotopic (exact) mass is 266 g/mol. The van der Waals surface area contributed by atoms with Gasteiger partial charge in [-0.1, -0.05) is 17.7 Å². The molecule has 19 heavy (non-hydrogen) atoms. The van der Waals surface area contributed by atoms with Crippen molar-refractivity contribution in [2.45, 2.75) is 26.4 Å². The maximum absolute atomic E-state index is 11.2. The molecule has 0 aromatic heterocycles. The molecule has 106 valence electrons. The highest BCUT2D eigenvalue weighted by atomic mass is 16.5. The quantitative estimate of drug-likeness (QED) is 0.654. The molecule has 1 unspecified atom stereocenters. The first-order valence-electron chi connectivity index (χ1n) is 6.47. The summed E-state index contributed by atoms with van der Waals surface area (Å²) in [6.07, 6.45) is 0.200. The minimum Gasteiger partial charge on any atom is -0.494 e. The van der Waals surface area contributed by atoms with Crippen molar-refractivity contribution >= 4 is 6.03 Å². The van der Waals surface area contributed by atoms with Crippen LogP contribution in [0.2, 0.25) is 0 Å². The molecule has 1 rings (SSSR count). The molecule has 0 bridgehead atoms. The number of nitrogens with one attached hydrogen (secondary N) is 2. The van der Waals surface area contributed by atoms with E-state index in [1.165, 1.54) is 5.56 Å². The van der Waals surface area contributed by atoms with Crippen LogP contribution < -0.4 is 15.4 Å². The van der Waals surface area contributed by atoms with Crippen LogP contribution in [-0.4, -0.2) is 36.9 Å². The van der Waals surface area contributed by atoms with E-state index in [0.29, 0.717) is 13.2 Å². The molecule has 0 saturated heterocycles. The average Bonchev–Trinajstić information content (AvgIpc) is 2.38. The summed E-state index contributed by atoms with van der Waals surface area (Å²) in [4.78, 5) is 11.2. The lowest BCUT2D eigenvalue weighted by atomic mass is 10.2. The molecule has 3 N–H and O–H groups in total. The van der Waals surface area contributed by atoms with Crippen LogP contribution in [0.5, 0.6) is 5.75 Å². The van der Waals surface area contributed by atoms with E-state index in [2.05, 4.69) is 10.6 Å². The zero-order chi connectivity index (χ0) is 14.1. The highest BCUT2D eigenvalue weighted by molar-refractivity contribution is 5.73. The van der Waals surface area contributed by atoms with Crippen LogP contribution in [0, 0.1) is 6.92 Å². The van der Waals surface area contributed by atoms with Crippen molar-refractivity contribution in [2.24, 2.45) is 0 Å². The first-order chi connectivity index (χ1) is 9.08. The predicted octanol–water partition coefficient (Wildman–Crippen LogP) is 1.44. The van der Waals surface area contributed by atoms with Crippen molar-refractivity contribution in [3.8, 4) is 5.75 Å². The normalized spacial score (nSPS) is 11.7. The first-order valence-corrected chi connectivity index (χ1v) is 6.47. The molecular weight excluding hydrogens is 244 g/mol. The predicted molar refractivity (Wildman–Crippen MR) is 74.4 cm³/mol. The second kappa shape index (κ2) is 8.37. The summed E-state index contributed by atoms with van der Waals surface area (Å²) < 4.78 is 5.53. The topological polar surface area (TPSA) is 70.6 Å². The number of aliphatic hydroxyl groups excluding tert-OH is 1. The Morgan fingerprint density at radius 3 is 2.63 bits per heavy atom. The average molecular weight is 266 g/mol. The van der Waals surface area contributed by atoms with Gasteiger partial charge in [0.15, 0.2) is 0 Å². The maximum Gasteiger partial charge on any atom is 0.314 e. The molecule has 1 atom stereocenters. The Kier molecular flexibility index (Phi) is 6.74. The molecule has 1 aromatic carbocycles. The third-order valence-corrected chi connectivity index (χ3v) is 2.45. The van der Waals surface area contributed by atoms with E-state index < -0.39 is 6.10 Å². The van der Waals surface area contributed by atoms with Gasteiger partial charge in [-0.2, -0.15) is 0 Å². The lowest BCUT2D eigenvalue weighted by molar-refractivity contribution is 0.187. The van der Waals surface area contributed by atoms with Crippen LogP contribution in [0.25, 0.3) is 0 Å². The number of carbonyl (C=O) groups excluding carboxylic acids is 1. The van der Waals surface area contributed by atoms with Crippen LogP contribution in [0.3, 0.4) is 0 Å². The van der Waals surface area contributed by atoms with Crippen molar-refractivity contribution in [3.63, 3.8) is 0 Å². The van der Waals surface area contributed by atoms with Crippen LogP contribution in [-0.2, 0) is 0 Å². The number of aliphatic hydroxyl groups is 1. The number of amides is 2. The molecule has 2 amide bonds. The molecule has 0 aliphatic heterocycles. The molecule has 5 nitrogen and oxygen atoms in total. The van der Waals surface area contributed by atoms with Crippen LogP contribution in [0.15, 0.2) is 24.3 Å². The molecule has 0 saturated carbocycles. The Labute approximate surface area is 114 Å². The van der Waals surface area contributed by atoms with E-state index in [0.717, 1.165) is 12.2 Å². The number of hydrogen-bond donors (Lipinski definition) is 3. The fourth-order valence-electron chi connectivity index (χ4n) is 1.40. The van der Waals surface area contributed by atoms with E-state index in [-0.39, 0.29) is 12.6 Å². The Morgan fingerprint density at radius 1 is 1.32 bits per heavy atom. The Bertz CT molecular complexity index is 377. The molecule has 0 aliphatic carbocycles. The van der Waals surface area contributed by atoms with E-state index in [4.69, 9.17) is 9.84 Å². The van der Waals surface area contributed by atoms with Crippen molar-refractivity contribution in [1.29, 1.82) is 0 Å². The molecule has 0 heterocycles. The van der Waals surface area contributed by atoms with Crippen molar-refractivity contribution < 1.29 is 14.6 Å². The van der Waals surface area contributed by atoms with Gasteiger partial charge in [0, 0.05) is 13.1 Å². The van der Waals surface area contributed by atoms with Crippen LogP contribution in [0.1, 0.15) is 18.9 Å². The van der Waals surface area contributed by atoms with E-state index >= 15 is 0 Å². The first kappa shape index (κ1) is 15.3. The molecular formula is C14H22N2O3. The third kappa shape index (κ3) is 7.31. The standard InChI is InChI=1S/C14H22N2O3/c1-11-4-6-13(7-5-11)19-9-3-8-15-14(18)16-10-12(2)17/h4-7,12,17H,3,8-10H2,1-2H3,(H2,15,16,18). The Balaban J connectivity index is 2.05. The minimum atomic E-state index is -0.532. The highest BCUT2D eigenvalue weighted by Crippen LogP contribution is 2.11. The van der Waals surface area contributed by atoms with Crippen molar-refractivity contribution in [1.82, 2.24) is 10.6 Å². The zero-order valence-electron chi connectivity index (χ0n) is 11.5. The number of ether oxygens (including phenoxy) is 1. The Hall–Kier alpha value is -1.75. The van der Waals surface area contributed by atoms with Crippen LogP contribution >= 0.6 is 0 Å². The minimum absolute atomic E-state index is 0.256. The van der Waals surface area contributed by atoms with Gasteiger partial charge in [-0.15, -0.1) is 0 Å². The van der Waals surface area contributed by atoms with Gasteiger partial charge in [0.25, 0.3) is 0 Å². The van der Waals surface area contributed by atoms with Gasteiger partial charge in [0.05, 0.1) is 12.7 Å². The van der Waals surface area contributed by atoms with Gasteiger partial charge in [0.2, 0.25) is 0 Å². The number of hydrogen-bond acceptors (Lipinski definition) is 3. The number of rotatable bonds is 7. The summed E-state index contributed by atoms with van der Waals surface area (Å²) in [7, 11) is 0. The number of carbonyl (C=O) groups is 1. The van der Waals surface area contributed by atoms with E-state index in [1.807, 2.05) is 31.2 Å². The van der Waals surface area contributed by atoms with Gasteiger partial charge in [-0.25, -0.2) is 4.79 Å². The number of urea groups is 1. The molecule has 0 radical (unpaired) electrons. The summed E-state index contributed by atoms with van der Waals surface area (Å²) in [5.74, 6) is 0.837. The van der Waals surface area contributed by atoms with E-state index in [9.17, 15) is 4.79 Å². The van der Waals surface area contributed by atoms with Crippen LogP contribution in [0.4, 0.5) is 4.79 Å². The maximum atomic E-state index is 11.2. The second-order valence-corrected chi connectivity index (χ2v) is 4.50. The fourth-order valence-corrected chi connectivity index (χ4v) is 1.40. The Morgan fingerprint density at radius 2 is 2.00 bits per heavy atom. The number of aryl methyl sites for hydroxylation is 1. The van der Waals surface area contributed by atoms with Gasteiger partial charge in [-0.05, 0) is 32.4 Å². The zero-order valence-corrected chi connectivity index (χ0v) is 11.5. The summed E-state index contributed by atoms with van der Waals surface area (Å²) in [6.45, 7) is 5.00. The van der Waals surface area contributed by atoms with Crippen molar-refractivity contribution in [3.05, 3.63) is 29.8 Å². The molecule has 0 spiro atoms. The van der Waals surface area contributed by atoms with Gasteiger partial charge < -0.3 is 20.5 Å². The van der Waals surface area contributed by atoms with Gasteiger partial charge >= 0.3 is 6.03 Å². The molecule has 0 fully saturated rings.